The zero-order valence-corrected chi connectivity index (χ0v) is 12.6. The number of nitro groups is 2. The third-order valence-corrected chi connectivity index (χ3v) is 3.01. The summed E-state index contributed by atoms with van der Waals surface area (Å²) in [6.45, 7) is 2.34. The first-order valence-electron chi connectivity index (χ1n) is 6.88. The second-order valence-corrected chi connectivity index (χ2v) is 4.66. The summed E-state index contributed by atoms with van der Waals surface area (Å²) in [5, 5.41) is 24.2. The molecule has 0 bridgehead atoms. The molecule has 0 fully saturated rings. The second kappa shape index (κ2) is 7.18. The topological polar surface area (TPSA) is 125 Å². The molecule has 0 saturated heterocycles. The van der Waals surface area contributed by atoms with Crippen LogP contribution in [0.5, 0.6) is 5.75 Å². The summed E-state index contributed by atoms with van der Waals surface area (Å²) in [7, 11) is 0. The Labute approximate surface area is 136 Å². The number of carbonyl (C=O) groups excluding carboxylic acids is 1. The summed E-state index contributed by atoms with van der Waals surface area (Å²) in [4.78, 5) is 32.3. The largest absolute Gasteiger partial charge is 0.494 e. The van der Waals surface area contributed by atoms with Gasteiger partial charge in [-0.15, -0.1) is 0 Å². The van der Waals surface area contributed by atoms with E-state index < -0.39 is 27.1 Å². The predicted molar refractivity (Wildman–Crippen MR) is 85.3 cm³/mol. The fraction of sp³-hybridized carbons (Fsp3) is 0.133. The third-order valence-electron chi connectivity index (χ3n) is 3.01. The number of hydrogen-bond acceptors (Lipinski definition) is 6. The summed E-state index contributed by atoms with van der Waals surface area (Å²) in [6.07, 6.45) is 0. The Morgan fingerprint density at radius 3 is 2.04 bits per heavy atom. The maximum atomic E-state index is 12.2. The van der Waals surface area contributed by atoms with E-state index in [0.29, 0.717) is 18.0 Å². The van der Waals surface area contributed by atoms with Crippen LogP contribution in [0.4, 0.5) is 17.1 Å². The number of non-ortho nitro benzene ring substituents is 2. The lowest BCUT2D eigenvalue weighted by Crippen LogP contribution is -2.12. The molecule has 0 spiro atoms. The molecular formula is C15H13N3O6. The van der Waals surface area contributed by atoms with Crippen molar-refractivity contribution in [2.45, 2.75) is 6.92 Å². The molecule has 0 unspecified atom stereocenters. The molecule has 0 aliphatic carbocycles. The van der Waals surface area contributed by atoms with E-state index in [-0.39, 0.29) is 5.56 Å². The van der Waals surface area contributed by atoms with Crippen molar-refractivity contribution in [3.63, 3.8) is 0 Å². The van der Waals surface area contributed by atoms with Crippen LogP contribution in [-0.2, 0) is 0 Å². The van der Waals surface area contributed by atoms with Gasteiger partial charge in [-0.2, -0.15) is 0 Å². The van der Waals surface area contributed by atoms with Crippen LogP contribution in [0.1, 0.15) is 17.3 Å². The van der Waals surface area contributed by atoms with Gasteiger partial charge in [-0.3, -0.25) is 25.0 Å². The standard InChI is InChI=1S/C15H13N3O6/c1-2-24-14-5-3-11(4-6-14)16-15(19)10-7-12(17(20)21)9-13(8-10)18(22)23/h3-9H,2H2,1H3,(H,16,19). The molecule has 1 amide bonds. The van der Waals surface area contributed by atoms with Crippen molar-refractivity contribution in [3.05, 3.63) is 68.3 Å². The Morgan fingerprint density at radius 1 is 1.04 bits per heavy atom. The first-order chi connectivity index (χ1) is 11.4. The zero-order chi connectivity index (χ0) is 17.7. The Morgan fingerprint density at radius 2 is 1.58 bits per heavy atom. The van der Waals surface area contributed by atoms with Crippen molar-refractivity contribution >= 4 is 23.0 Å². The molecule has 0 aliphatic heterocycles. The number of nitrogens with one attached hydrogen (secondary N) is 1. The Kier molecular flexibility index (Phi) is 5.05. The van der Waals surface area contributed by atoms with E-state index in [0.717, 1.165) is 18.2 Å². The molecule has 0 heterocycles. The number of carbonyl (C=O) groups is 1. The normalized spacial score (nSPS) is 10.0. The van der Waals surface area contributed by atoms with Gasteiger partial charge in [-0.05, 0) is 31.2 Å². The molecular weight excluding hydrogens is 318 g/mol. The molecule has 0 aliphatic rings. The highest BCUT2D eigenvalue weighted by atomic mass is 16.6. The van der Waals surface area contributed by atoms with Crippen LogP contribution in [0.25, 0.3) is 0 Å². The highest BCUT2D eigenvalue weighted by Gasteiger charge is 2.19. The summed E-state index contributed by atoms with van der Waals surface area (Å²) in [6, 6.07) is 9.24. The van der Waals surface area contributed by atoms with Gasteiger partial charge in [0.15, 0.2) is 0 Å². The smallest absolute Gasteiger partial charge is 0.277 e. The quantitative estimate of drug-likeness (QED) is 0.640. The van der Waals surface area contributed by atoms with Crippen LogP contribution in [-0.4, -0.2) is 22.4 Å². The molecule has 9 heteroatoms. The minimum atomic E-state index is -0.791. The lowest BCUT2D eigenvalue weighted by atomic mass is 10.1. The van der Waals surface area contributed by atoms with E-state index >= 15 is 0 Å². The molecule has 0 atom stereocenters. The van der Waals surface area contributed by atoms with Gasteiger partial charge in [0.2, 0.25) is 0 Å². The molecule has 2 aromatic rings. The molecule has 24 heavy (non-hydrogen) atoms. The van der Waals surface area contributed by atoms with Gasteiger partial charge in [-0.25, -0.2) is 0 Å². The summed E-state index contributed by atoms with van der Waals surface area (Å²) in [5.74, 6) is -0.0626. The van der Waals surface area contributed by atoms with Crippen LogP contribution in [0.3, 0.4) is 0 Å². The molecule has 0 aromatic heterocycles. The van der Waals surface area contributed by atoms with Gasteiger partial charge < -0.3 is 10.1 Å². The van der Waals surface area contributed by atoms with Crippen LogP contribution >= 0.6 is 0 Å². The van der Waals surface area contributed by atoms with Crippen LogP contribution in [0.2, 0.25) is 0 Å². The molecule has 1 N–H and O–H groups in total. The second-order valence-electron chi connectivity index (χ2n) is 4.66. The molecule has 9 nitrogen and oxygen atoms in total. The highest BCUT2D eigenvalue weighted by molar-refractivity contribution is 6.05. The number of amides is 1. The minimum absolute atomic E-state index is 0.176. The van der Waals surface area contributed by atoms with E-state index in [2.05, 4.69) is 5.32 Å². The monoisotopic (exact) mass is 331 g/mol. The van der Waals surface area contributed by atoms with E-state index in [1.165, 1.54) is 0 Å². The molecule has 124 valence electrons. The van der Waals surface area contributed by atoms with E-state index in [4.69, 9.17) is 4.74 Å². The van der Waals surface area contributed by atoms with Crippen LogP contribution < -0.4 is 10.1 Å². The number of anilines is 1. The van der Waals surface area contributed by atoms with Gasteiger partial charge >= 0.3 is 0 Å². The Balaban J connectivity index is 2.25. The Hall–Kier alpha value is -3.49. The molecule has 2 aromatic carbocycles. The third kappa shape index (κ3) is 4.03. The number of nitro benzene ring substituents is 2. The van der Waals surface area contributed by atoms with Crippen molar-refractivity contribution < 1.29 is 19.4 Å². The van der Waals surface area contributed by atoms with Crippen molar-refractivity contribution in [2.24, 2.45) is 0 Å². The van der Waals surface area contributed by atoms with Crippen molar-refractivity contribution in [1.82, 2.24) is 0 Å². The van der Waals surface area contributed by atoms with Crippen molar-refractivity contribution in [1.29, 1.82) is 0 Å². The summed E-state index contributed by atoms with van der Waals surface area (Å²) in [5.41, 5.74) is -0.801. The number of hydrogen-bond donors (Lipinski definition) is 1. The van der Waals surface area contributed by atoms with Crippen molar-refractivity contribution in [2.75, 3.05) is 11.9 Å². The van der Waals surface area contributed by atoms with Gasteiger partial charge in [0.05, 0.1) is 28.1 Å². The van der Waals surface area contributed by atoms with Gasteiger partial charge in [0.25, 0.3) is 17.3 Å². The SMILES string of the molecule is CCOc1ccc(NC(=O)c2cc([N+](=O)[O-])cc([N+](=O)[O-])c2)cc1. The predicted octanol–water partition coefficient (Wildman–Crippen LogP) is 3.15. The first-order valence-corrected chi connectivity index (χ1v) is 6.88. The molecule has 0 radical (unpaired) electrons. The highest BCUT2D eigenvalue weighted by Crippen LogP contribution is 2.24. The van der Waals surface area contributed by atoms with Crippen LogP contribution in [0.15, 0.2) is 42.5 Å². The summed E-state index contributed by atoms with van der Waals surface area (Å²) >= 11 is 0. The minimum Gasteiger partial charge on any atom is -0.494 e. The first kappa shape index (κ1) is 16.9. The van der Waals surface area contributed by atoms with E-state index in [1.807, 2.05) is 6.92 Å². The van der Waals surface area contributed by atoms with Gasteiger partial charge in [-0.1, -0.05) is 0 Å². The number of ether oxygens (including phenoxy) is 1. The fourth-order valence-corrected chi connectivity index (χ4v) is 1.94. The average molecular weight is 331 g/mol. The van der Waals surface area contributed by atoms with E-state index in [9.17, 15) is 25.0 Å². The Bertz CT molecular complexity index is 756. The summed E-state index contributed by atoms with van der Waals surface area (Å²) < 4.78 is 5.27. The lowest BCUT2D eigenvalue weighted by Gasteiger charge is -2.07. The molecule has 2 rings (SSSR count). The van der Waals surface area contributed by atoms with Gasteiger partial charge in [0.1, 0.15) is 5.75 Å². The van der Waals surface area contributed by atoms with Crippen LogP contribution in [0, 0.1) is 20.2 Å². The molecule has 0 saturated carbocycles. The number of benzene rings is 2. The zero-order valence-electron chi connectivity index (χ0n) is 12.6. The maximum absolute atomic E-state index is 12.2. The fourth-order valence-electron chi connectivity index (χ4n) is 1.94. The van der Waals surface area contributed by atoms with Gasteiger partial charge in [0, 0.05) is 17.8 Å². The van der Waals surface area contributed by atoms with E-state index in [1.54, 1.807) is 24.3 Å². The lowest BCUT2D eigenvalue weighted by molar-refractivity contribution is -0.394. The number of rotatable bonds is 6. The average Bonchev–Trinajstić information content (AvgIpc) is 2.56. The van der Waals surface area contributed by atoms with Crippen molar-refractivity contribution in [3.8, 4) is 5.75 Å². The number of nitrogens with zero attached hydrogens (tertiary/aromatic N) is 2. The maximum Gasteiger partial charge on any atom is 0.277 e.